The fraction of sp³-hybridized carbons (Fsp3) is 0.400. The van der Waals surface area contributed by atoms with Crippen molar-refractivity contribution in [3.8, 4) is 11.5 Å². The van der Waals surface area contributed by atoms with Crippen LogP contribution in [0.5, 0.6) is 11.5 Å². The Morgan fingerprint density at radius 3 is 2.75 bits per heavy atom. The molecule has 0 aliphatic carbocycles. The molecule has 0 N–H and O–H groups in total. The van der Waals surface area contributed by atoms with E-state index in [4.69, 9.17) is 9.47 Å². The van der Waals surface area contributed by atoms with Gasteiger partial charge in [0.1, 0.15) is 12.7 Å². The zero-order valence-electron chi connectivity index (χ0n) is 8.38. The predicted octanol–water partition coefficient (Wildman–Crippen LogP) is 2.67. The largest absolute Gasteiger partial charge is 0.573 e. The van der Waals surface area contributed by atoms with Crippen LogP contribution in [-0.4, -0.2) is 20.1 Å². The number of hydrogen-bond acceptors (Lipinski definition) is 3. The van der Waals surface area contributed by atoms with Crippen LogP contribution in [0.4, 0.5) is 13.2 Å². The lowest BCUT2D eigenvalue weighted by Gasteiger charge is -2.11. The van der Waals surface area contributed by atoms with Gasteiger partial charge in [-0.05, 0) is 6.07 Å². The summed E-state index contributed by atoms with van der Waals surface area (Å²) in [6, 6.07) is 4.34. The van der Waals surface area contributed by atoms with Gasteiger partial charge >= 0.3 is 6.36 Å². The van der Waals surface area contributed by atoms with Gasteiger partial charge in [0, 0.05) is 12.7 Å². The van der Waals surface area contributed by atoms with Crippen molar-refractivity contribution >= 4 is 0 Å². The molecule has 0 aromatic heterocycles. The maximum atomic E-state index is 12.1. The summed E-state index contributed by atoms with van der Waals surface area (Å²) in [6.45, 7) is 0.198. The van der Waals surface area contributed by atoms with Gasteiger partial charge in [-0.25, -0.2) is 0 Å². The van der Waals surface area contributed by atoms with Crippen molar-refractivity contribution < 1.29 is 27.4 Å². The molecule has 3 nitrogen and oxygen atoms in total. The molecule has 0 amide bonds. The molecule has 0 unspecified atom stereocenters. The highest BCUT2D eigenvalue weighted by atomic mass is 19.4. The minimum Gasteiger partial charge on any atom is -0.486 e. The molecule has 0 spiro atoms. The highest BCUT2D eigenvalue weighted by molar-refractivity contribution is 5.50. The van der Waals surface area contributed by atoms with Crippen LogP contribution in [0.2, 0.25) is 0 Å². The summed E-state index contributed by atoms with van der Waals surface area (Å²) in [4.78, 5) is 0. The van der Waals surface area contributed by atoms with Crippen LogP contribution >= 0.6 is 0 Å². The van der Waals surface area contributed by atoms with Crippen molar-refractivity contribution in [3.63, 3.8) is 0 Å². The first-order chi connectivity index (χ1) is 7.51. The molecule has 1 aromatic carbocycles. The van der Waals surface area contributed by atoms with Crippen LogP contribution in [0, 0.1) is 0 Å². The fourth-order valence-corrected chi connectivity index (χ4v) is 1.59. The van der Waals surface area contributed by atoms with E-state index in [-0.39, 0.29) is 24.2 Å². The molecule has 0 saturated carbocycles. The van der Waals surface area contributed by atoms with Crippen molar-refractivity contribution in [3.05, 3.63) is 23.8 Å². The molecule has 2 rings (SSSR count). The zero-order valence-corrected chi connectivity index (χ0v) is 8.38. The average Bonchev–Trinajstić information content (AvgIpc) is 2.59. The maximum Gasteiger partial charge on any atom is 0.573 e. The van der Waals surface area contributed by atoms with Crippen molar-refractivity contribution in [2.24, 2.45) is 0 Å². The Bertz CT molecular complexity index is 389. The summed E-state index contributed by atoms with van der Waals surface area (Å²) in [5.41, 5.74) is 0.573. The van der Waals surface area contributed by atoms with Crippen LogP contribution in [0.1, 0.15) is 11.7 Å². The lowest BCUT2D eigenvalue weighted by molar-refractivity contribution is -0.275. The monoisotopic (exact) mass is 234 g/mol. The second kappa shape index (κ2) is 3.86. The third-order valence-electron chi connectivity index (χ3n) is 2.25. The van der Waals surface area contributed by atoms with Gasteiger partial charge in [-0.2, -0.15) is 0 Å². The molecule has 1 heterocycles. The lowest BCUT2D eigenvalue weighted by Crippen LogP contribution is -2.17. The first-order valence-corrected chi connectivity index (χ1v) is 4.55. The third kappa shape index (κ3) is 2.06. The number of benzene rings is 1. The number of rotatable bonds is 2. The molecule has 16 heavy (non-hydrogen) atoms. The number of ether oxygens (including phenoxy) is 3. The Morgan fingerprint density at radius 1 is 1.38 bits per heavy atom. The second-order valence-corrected chi connectivity index (χ2v) is 3.26. The van der Waals surface area contributed by atoms with E-state index in [1.807, 2.05) is 0 Å². The van der Waals surface area contributed by atoms with Crippen molar-refractivity contribution in [1.29, 1.82) is 0 Å². The Kier molecular flexibility index (Phi) is 2.67. The molecular weight excluding hydrogens is 225 g/mol. The van der Waals surface area contributed by atoms with E-state index < -0.39 is 6.36 Å². The number of hydrogen-bond donors (Lipinski definition) is 0. The average molecular weight is 234 g/mol. The highest BCUT2D eigenvalue weighted by Gasteiger charge is 2.35. The molecular formula is C10H9F3O3. The minimum absolute atomic E-state index is 0.103. The molecule has 1 aromatic rings. The Morgan fingerprint density at radius 2 is 2.12 bits per heavy atom. The summed E-state index contributed by atoms with van der Waals surface area (Å²) in [7, 11) is 1.47. The number of methoxy groups -OCH3 is 1. The summed E-state index contributed by atoms with van der Waals surface area (Å²) >= 11 is 0. The molecule has 1 aliphatic rings. The summed E-state index contributed by atoms with van der Waals surface area (Å²) in [5, 5.41) is 0. The topological polar surface area (TPSA) is 27.7 Å². The van der Waals surface area contributed by atoms with E-state index >= 15 is 0 Å². The lowest BCUT2D eigenvalue weighted by atomic mass is 10.1. The van der Waals surface area contributed by atoms with E-state index in [2.05, 4.69) is 4.74 Å². The summed E-state index contributed by atoms with van der Waals surface area (Å²) < 4.78 is 50.3. The van der Waals surface area contributed by atoms with Gasteiger partial charge in [-0.3, -0.25) is 0 Å². The van der Waals surface area contributed by atoms with Crippen LogP contribution in [0.25, 0.3) is 0 Å². The van der Waals surface area contributed by atoms with Gasteiger partial charge in [0.05, 0.1) is 0 Å². The summed E-state index contributed by atoms with van der Waals surface area (Å²) in [5.74, 6) is -0.226. The van der Waals surface area contributed by atoms with E-state index in [1.54, 1.807) is 6.07 Å². The SMILES string of the molecule is CO[C@@H]1COc2c(OC(F)(F)F)cccc21. The summed E-state index contributed by atoms with van der Waals surface area (Å²) in [6.07, 6.45) is -5.06. The Hall–Kier alpha value is -1.43. The van der Waals surface area contributed by atoms with Crippen LogP contribution in [0.3, 0.4) is 0 Å². The number of halogens is 3. The van der Waals surface area contributed by atoms with Gasteiger partial charge in [-0.15, -0.1) is 13.2 Å². The number of para-hydroxylation sites is 1. The standard InChI is InChI=1S/C10H9F3O3/c1-14-8-5-15-9-6(8)3-2-4-7(9)16-10(11,12)13/h2-4,8H,5H2,1H3/t8-/m1/s1. The quantitative estimate of drug-likeness (QED) is 0.787. The first kappa shape index (κ1) is 11.1. The molecule has 6 heteroatoms. The Balaban J connectivity index is 2.32. The molecule has 1 atom stereocenters. The van der Waals surface area contributed by atoms with Crippen molar-refractivity contribution in [2.45, 2.75) is 12.5 Å². The minimum atomic E-state index is -4.72. The van der Waals surface area contributed by atoms with Crippen molar-refractivity contribution in [1.82, 2.24) is 0 Å². The fourth-order valence-electron chi connectivity index (χ4n) is 1.59. The van der Waals surface area contributed by atoms with Gasteiger partial charge in [0.2, 0.25) is 0 Å². The molecule has 0 saturated heterocycles. The van der Waals surface area contributed by atoms with Gasteiger partial charge in [-0.1, -0.05) is 12.1 Å². The molecule has 0 fully saturated rings. The van der Waals surface area contributed by atoms with Crippen LogP contribution in [0.15, 0.2) is 18.2 Å². The highest BCUT2D eigenvalue weighted by Crippen LogP contribution is 2.42. The Labute approximate surface area is 89.7 Å². The van der Waals surface area contributed by atoms with E-state index in [0.29, 0.717) is 5.56 Å². The molecule has 88 valence electrons. The number of fused-ring (bicyclic) bond motifs is 1. The predicted molar refractivity (Wildman–Crippen MR) is 48.4 cm³/mol. The third-order valence-corrected chi connectivity index (χ3v) is 2.25. The van der Waals surface area contributed by atoms with Crippen LogP contribution < -0.4 is 9.47 Å². The van der Waals surface area contributed by atoms with E-state index in [0.717, 1.165) is 0 Å². The first-order valence-electron chi connectivity index (χ1n) is 4.55. The van der Waals surface area contributed by atoms with Crippen molar-refractivity contribution in [2.75, 3.05) is 13.7 Å². The van der Waals surface area contributed by atoms with E-state index in [9.17, 15) is 13.2 Å². The smallest absolute Gasteiger partial charge is 0.486 e. The van der Waals surface area contributed by atoms with Gasteiger partial charge in [0.25, 0.3) is 0 Å². The molecule has 1 aliphatic heterocycles. The molecule has 0 bridgehead atoms. The maximum absolute atomic E-state index is 12.1. The van der Waals surface area contributed by atoms with E-state index in [1.165, 1.54) is 19.2 Å². The van der Waals surface area contributed by atoms with Crippen LogP contribution in [-0.2, 0) is 4.74 Å². The normalized spacial score (nSPS) is 19.1. The molecule has 0 radical (unpaired) electrons. The van der Waals surface area contributed by atoms with Gasteiger partial charge < -0.3 is 14.2 Å². The zero-order chi connectivity index (χ0) is 11.8. The second-order valence-electron chi connectivity index (χ2n) is 3.26. The van der Waals surface area contributed by atoms with Gasteiger partial charge in [0.15, 0.2) is 11.5 Å². The number of alkyl halides is 3.